The van der Waals surface area contributed by atoms with E-state index in [0.717, 1.165) is 31.3 Å². The summed E-state index contributed by atoms with van der Waals surface area (Å²) in [6.07, 6.45) is 4.73. The van der Waals surface area contributed by atoms with E-state index in [4.69, 9.17) is 4.74 Å². The van der Waals surface area contributed by atoms with Gasteiger partial charge in [0.2, 0.25) is 0 Å². The molecule has 0 radical (unpaired) electrons. The molecule has 5 heteroatoms. The van der Waals surface area contributed by atoms with Gasteiger partial charge in [-0.2, -0.15) is 0 Å². The number of alkyl carbamates (subject to hydrolysis) is 1. The van der Waals surface area contributed by atoms with Crippen LogP contribution in [0.25, 0.3) is 11.0 Å². The molecule has 5 nitrogen and oxygen atoms in total. The standard InChI is InChI=1S/C18H25N3O2/c1-18(2,3)23-17(22)20-14-9-8-13(10-14)11-21-12-19-15-6-4-5-7-16(15)21/h4-7,12-14H,8-11H2,1-3H3,(H,20,22)/t13-,14+/m0/s1. The first-order valence-corrected chi connectivity index (χ1v) is 8.30. The molecule has 1 heterocycles. The highest BCUT2D eigenvalue weighted by atomic mass is 16.6. The Labute approximate surface area is 137 Å². The van der Waals surface area contributed by atoms with Gasteiger partial charge >= 0.3 is 6.09 Å². The molecule has 0 saturated heterocycles. The van der Waals surface area contributed by atoms with Crippen LogP contribution in [0.5, 0.6) is 0 Å². The zero-order valence-corrected chi connectivity index (χ0v) is 14.1. The quantitative estimate of drug-likeness (QED) is 0.939. The highest BCUT2D eigenvalue weighted by Crippen LogP contribution is 2.28. The fraction of sp³-hybridized carbons (Fsp3) is 0.556. The predicted octanol–water partition coefficient (Wildman–Crippen LogP) is 3.73. The van der Waals surface area contributed by atoms with Gasteiger partial charge in [-0.15, -0.1) is 0 Å². The molecule has 1 aromatic heterocycles. The second-order valence-electron chi connectivity index (χ2n) is 7.41. The van der Waals surface area contributed by atoms with Crippen molar-refractivity contribution >= 4 is 17.1 Å². The molecule has 124 valence electrons. The lowest BCUT2D eigenvalue weighted by Crippen LogP contribution is -2.38. The molecule has 1 aliphatic rings. The van der Waals surface area contributed by atoms with Crippen LogP contribution in [0.4, 0.5) is 4.79 Å². The molecule has 1 aromatic carbocycles. The Morgan fingerprint density at radius 1 is 1.35 bits per heavy atom. The average molecular weight is 315 g/mol. The Morgan fingerprint density at radius 3 is 2.91 bits per heavy atom. The molecule has 0 aliphatic heterocycles. The van der Waals surface area contributed by atoms with Crippen LogP contribution >= 0.6 is 0 Å². The van der Waals surface area contributed by atoms with Crippen molar-refractivity contribution in [3.63, 3.8) is 0 Å². The predicted molar refractivity (Wildman–Crippen MR) is 90.2 cm³/mol. The van der Waals surface area contributed by atoms with Crippen LogP contribution in [-0.2, 0) is 11.3 Å². The Kier molecular flexibility index (Phi) is 4.28. The topological polar surface area (TPSA) is 56.1 Å². The number of amides is 1. The third kappa shape index (κ3) is 4.03. The van der Waals surface area contributed by atoms with E-state index < -0.39 is 5.60 Å². The Bertz CT molecular complexity index is 687. The number of imidazole rings is 1. The molecule has 23 heavy (non-hydrogen) atoms. The van der Waals surface area contributed by atoms with Crippen molar-refractivity contribution in [2.45, 2.75) is 58.2 Å². The summed E-state index contributed by atoms with van der Waals surface area (Å²) in [5.41, 5.74) is 1.77. The minimum Gasteiger partial charge on any atom is -0.444 e. The van der Waals surface area contributed by atoms with Crippen molar-refractivity contribution in [3.05, 3.63) is 30.6 Å². The number of hydrogen-bond donors (Lipinski definition) is 1. The second-order valence-corrected chi connectivity index (χ2v) is 7.41. The molecule has 1 aliphatic carbocycles. The average Bonchev–Trinajstić information content (AvgIpc) is 3.05. The minimum absolute atomic E-state index is 0.213. The largest absolute Gasteiger partial charge is 0.444 e. The van der Waals surface area contributed by atoms with Crippen LogP contribution in [0.1, 0.15) is 40.0 Å². The van der Waals surface area contributed by atoms with Crippen LogP contribution in [0.2, 0.25) is 0 Å². The molecule has 1 N–H and O–H groups in total. The number of para-hydroxylation sites is 2. The number of aromatic nitrogens is 2. The van der Waals surface area contributed by atoms with Gasteiger partial charge in [-0.25, -0.2) is 9.78 Å². The van der Waals surface area contributed by atoms with Crippen LogP contribution in [0.3, 0.4) is 0 Å². The highest BCUT2D eigenvalue weighted by molar-refractivity contribution is 5.74. The number of carbonyl (C=O) groups excluding carboxylic acids is 1. The van der Waals surface area contributed by atoms with Gasteiger partial charge in [-0.1, -0.05) is 12.1 Å². The number of hydrogen-bond acceptors (Lipinski definition) is 3. The van der Waals surface area contributed by atoms with Crippen LogP contribution in [-0.4, -0.2) is 27.3 Å². The first-order valence-electron chi connectivity index (χ1n) is 8.30. The smallest absolute Gasteiger partial charge is 0.407 e. The minimum atomic E-state index is -0.447. The van der Waals surface area contributed by atoms with Gasteiger partial charge in [0.1, 0.15) is 5.60 Å². The van der Waals surface area contributed by atoms with Crippen molar-refractivity contribution < 1.29 is 9.53 Å². The summed E-state index contributed by atoms with van der Waals surface area (Å²) in [6.45, 7) is 6.60. The molecule has 0 unspecified atom stereocenters. The van der Waals surface area contributed by atoms with Crippen LogP contribution < -0.4 is 5.32 Å². The monoisotopic (exact) mass is 315 g/mol. The van der Waals surface area contributed by atoms with Crippen LogP contribution in [0, 0.1) is 5.92 Å². The van der Waals surface area contributed by atoms with E-state index in [-0.39, 0.29) is 12.1 Å². The Hall–Kier alpha value is -2.04. The Morgan fingerprint density at radius 2 is 2.13 bits per heavy atom. The summed E-state index contributed by atoms with van der Waals surface area (Å²) >= 11 is 0. The van der Waals surface area contributed by atoms with E-state index in [1.165, 1.54) is 5.52 Å². The SMILES string of the molecule is CC(C)(C)OC(=O)N[C@@H]1CC[C@H](Cn2cnc3ccccc32)C1. The number of nitrogens with zero attached hydrogens (tertiary/aromatic N) is 2. The van der Waals surface area contributed by atoms with Crippen molar-refractivity contribution in [2.75, 3.05) is 0 Å². The molecule has 2 aromatic rings. The van der Waals surface area contributed by atoms with Gasteiger partial charge in [0.15, 0.2) is 0 Å². The molecule has 0 bridgehead atoms. The summed E-state index contributed by atoms with van der Waals surface area (Å²) < 4.78 is 7.55. The van der Waals surface area contributed by atoms with Gasteiger partial charge in [0.05, 0.1) is 17.4 Å². The molecule has 1 saturated carbocycles. The maximum absolute atomic E-state index is 11.9. The van der Waals surface area contributed by atoms with E-state index in [0.29, 0.717) is 5.92 Å². The lowest BCUT2D eigenvalue weighted by molar-refractivity contribution is 0.0504. The summed E-state index contributed by atoms with van der Waals surface area (Å²) in [5, 5.41) is 3.00. The summed E-state index contributed by atoms with van der Waals surface area (Å²) in [4.78, 5) is 16.3. The highest BCUT2D eigenvalue weighted by Gasteiger charge is 2.28. The van der Waals surface area contributed by atoms with Crippen molar-refractivity contribution in [1.82, 2.24) is 14.9 Å². The third-order valence-electron chi connectivity index (χ3n) is 4.24. The lowest BCUT2D eigenvalue weighted by atomic mass is 10.1. The second kappa shape index (κ2) is 6.22. The maximum Gasteiger partial charge on any atom is 0.407 e. The summed E-state index contributed by atoms with van der Waals surface area (Å²) in [5.74, 6) is 0.563. The number of fused-ring (bicyclic) bond motifs is 1. The number of carbonyl (C=O) groups is 1. The molecule has 1 fully saturated rings. The van der Waals surface area contributed by atoms with Gasteiger partial charge in [-0.05, 0) is 58.1 Å². The zero-order chi connectivity index (χ0) is 16.4. The number of ether oxygens (including phenoxy) is 1. The molecule has 3 rings (SSSR count). The molecular formula is C18H25N3O2. The molecule has 1 amide bonds. The summed E-state index contributed by atoms with van der Waals surface area (Å²) in [7, 11) is 0. The van der Waals surface area contributed by atoms with E-state index in [2.05, 4.69) is 20.9 Å². The van der Waals surface area contributed by atoms with E-state index in [9.17, 15) is 4.79 Å². The molecular weight excluding hydrogens is 290 g/mol. The lowest BCUT2D eigenvalue weighted by Gasteiger charge is -2.21. The van der Waals surface area contributed by atoms with Gasteiger partial charge in [0.25, 0.3) is 0 Å². The normalized spacial score (nSPS) is 21.5. The number of nitrogens with one attached hydrogen (secondary N) is 1. The summed E-state index contributed by atoms with van der Waals surface area (Å²) in [6, 6.07) is 8.41. The number of rotatable bonds is 3. The van der Waals surface area contributed by atoms with Gasteiger partial charge in [0, 0.05) is 12.6 Å². The van der Waals surface area contributed by atoms with E-state index in [1.807, 2.05) is 45.3 Å². The number of benzene rings is 1. The fourth-order valence-electron chi connectivity index (χ4n) is 3.28. The van der Waals surface area contributed by atoms with Crippen LogP contribution in [0.15, 0.2) is 30.6 Å². The van der Waals surface area contributed by atoms with Crippen molar-refractivity contribution in [2.24, 2.45) is 5.92 Å². The van der Waals surface area contributed by atoms with E-state index in [1.54, 1.807) is 0 Å². The fourth-order valence-corrected chi connectivity index (χ4v) is 3.28. The Balaban J connectivity index is 1.55. The van der Waals surface area contributed by atoms with Crippen molar-refractivity contribution in [1.29, 1.82) is 0 Å². The molecule has 2 atom stereocenters. The maximum atomic E-state index is 11.9. The first kappa shape index (κ1) is 15.8. The first-order chi connectivity index (χ1) is 10.9. The molecule has 0 spiro atoms. The van der Waals surface area contributed by atoms with E-state index >= 15 is 0 Å². The van der Waals surface area contributed by atoms with Gasteiger partial charge in [-0.3, -0.25) is 0 Å². The van der Waals surface area contributed by atoms with Crippen molar-refractivity contribution in [3.8, 4) is 0 Å². The zero-order valence-electron chi connectivity index (χ0n) is 14.1. The van der Waals surface area contributed by atoms with Gasteiger partial charge < -0.3 is 14.6 Å². The third-order valence-corrected chi connectivity index (χ3v) is 4.24.